The van der Waals surface area contributed by atoms with Crippen LogP contribution in [0.3, 0.4) is 0 Å². The van der Waals surface area contributed by atoms with Crippen molar-refractivity contribution >= 4 is 23.3 Å². The number of aromatic nitrogens is 1. The minimum atomic E-state index is -0.200. The maximum Gasteiger partial charge on any atom is 0.251 e. The highest BCUT2D eigenvalue weighted by Crippen LogP contribution is 2.12. The van der Waals surface area contributed by atoms with Crippen molar-refractivity contribution in [3.8, 4) is 0 Å². The summed E-state index contributed by atoms with van der Waals surface area (Å²) >= 11 is 5.77. The van der Waals surface area contributed by atoms with Crippen molar-refractivity contribution in [2.45, 2.75) is 13.3 Å². The van der Waals surface area contributed by atoms with Gasteiger partial charge in [-0.2, -0.15) is 0 Å². The SMILES string of the molecule is Cc1cccc(CCNC(=O)c2cc(N)nc(Cl)c2)c1. The number of nitrogens with two attached hydrogens (primary N) is 1. The molecule has 0 spiro atoms. The van der Waals surface area contributed by atoms with E-state index in [1.807, 2.05) is 25.1 Å². The molecule has 0 radical (unpaired) electrons. The molecule has 3 N–H and O–H groups in total. The summed E-state index contributed by atoms with van der Waals surface area (Å²) in [5.74, 6) is 0.0370. The molecule has 0 bridgehead atoms. The Morgan fingerprint density at radius 1 is 1.35 bits per heavy atom. The van der Waals surface area contributed by atoms with E-state index in [-0.39, 0.29) is 16.9 Å². The van der Waals surface area contributed by atoms with Gasteiger partial charge in [0.2, 0.25) is 0 Å². The van der Waals surface area contributed by atoms with Crippen molar-refractivity contribution in [2.24, 2.45) is 0 Å². The summed E-state index contributed by atoms with van der Waals surface area (Å²) in [4.78, 5) is 15.8. The number of nitrogen functional groups attached to an aromatic ring is 1. The molecular formula is C15H16ClN3O. The van der Waals surface area contributed by atoms with Gasteiger partial charge in [0.25, 0.3) is 5.91 Å². The van der Waals surface area contributed by atoms with Crippen molar-refractivity contribution in [1.29, 1.82) is 0 Å². The first-order valence-electron chi connectivity index (χ1n) is 6.31. The lowest BCUT2D eigenvalue weighted by Crippen LogP contribution is -2.25. The van der Waals surface area contributed by atoms with E-state index in [1.165, 1.54) is 23.3 Å². The second-order valence-corrected chi connectivity index (χ2v) is 4.99. The van der Waals surface area contributed by atoms with Crippen LogP contribution in [0.4, 0.5) is 5.82 Å². The van der Waals surface area contributed by atoms with Crippen LogP contribution in [0, 0.1) is 6.92 Å². The topological polar surface area (TPSA) is 68.0 Å². The second-order valence-electron chi connectivity index (χ2n) is 4.60. The molecule has 2 rings (SSSR count). The van der Waals surface area contributed by atoms with Gasteiger partial charge in [0, 0.05) is 12.1 Å². The summed E-state index contributed by atoms with van der Waals surface area (Å²) in [6, 6.07) is 11.2. The van der Waals surface area contributed by atoms with Crippen molar-refractivity contribution in [2.75, 3.05) is 12.3 Å². The van der Waals surface area contributed by atoms with E-state index in [4.69, 9.17) is 17.3 Å². The first-order chi connectivity index (χ1) is 9.54. The fourth-order valence-corrected chi connectivity index (χ4v) is 2.15. The number of carbonyl (C=O) groups is 1. The van der Waals surface area contributed by atoms with Gasteiger partial charge in [-0.25, -0.2) is 4.98 Å². The van der Waals surface area contributed by atoms with Crippen LogP contribution in [-0.4, -0.2) is 17.4 Å². The Morgan fingerprint density at radius 2 is 2.15 bits per heavy atom. The zero-order valence-corrected chi connectivity index (χ0v) is 11.9. The molecular weight excluding hydrogens is 274 g/mol. The third-order valence-corrected chi connectivity index (χ3v) is 3.05. The monoisotopic (exact) mass is 289 g/mol. The first kappa shape index (κ1) is 14.3. The smallest absolute Gasteiger partial charge is 0.251 e. The fourth-order valence-electron chi connectivity index (χ4n) is 1.94. The maximum absolute atomic E-state index is 12.0. The zero-order chi connectivity index (χ0) is 14.5. The van der Waals surface area contributed by atoms with E-state index in [0.29, 0.717) is 12.1 Å². The Kier molecular flexibility index (Phi) is 4.58. The highest BCUT2D eigenvalue weighted by Gasteiger charge is 2.07. The molecule has 0 atom stereocenters. The zero-order valence-electron chi connectivity index (χ0n) is 11.2. The number of nitrogens with one attached hydrogen (secondary N) is 1. The maximum atomic E-state index is 12.0. The minimum Gasteiger partial charge on any atom is -0.384 e. The summed E-state index contributed by atoms with van der Waals surface area (Å²) in [6.45, 7) is 2.60. The van der Waals surface area contributed by atoms with Crippen molar-refractivity contribution in [3.05, 3.63) is 58.2 Å². The van der Waals surface area contributed by atoms with Gasteiger partial charge in [-0.15, -0.1) is 0 Å². The van der Waals surface area contributed by atoms with E-state index in [9.17, 15) is 4.79 Å². The lowest BCUT2D eigenvalue weighted by atomic mass is 10.1. The molecule has 4 nitrogen and oxygen atoms in total. The summed E-state index contributed by atoms with van der Waals surface area (Å²) in [5.41, 5.74) is 8.38. The van der Waals surface area contributed by atoms with Gasteiger partial charge in [0.15, 0.2) is 0 Å². The molecule has 1 aromatic heterocycles. The molecule has 0 saturated carbocycles. The molecule has 1 aromatic carbocycles. The average Bonchev–Trinajstić information content (AvgIpc) is 2.37. The molecule has 0 aliphatic heterocycles. The quantitative estimate of drug-likeness (QED) is 0.850. The Bertz CT molecular complexity index is 608. The molecule has 5 heteroatoms. The van der Waals surface area contributed by atoms with Crippen molar-refractivity contribution in [1.82, 2.24) is 10.3 Å². The van der Waals surface area contributed by atoms with Crippen LogP contribution >= 0.6 is 11.6 Å². The van der Waals surface area contributed by atoms with Gasteiger partial charge in [-0.05, 0) is 31.0 Å². The second kappa shape index (κ2) is 6.39. The standard InChI is InChI=1S/C15H16ClN3O/c1-10-3-2-4-11(7-10)5-6-18-15(20)12-8-13(16)19-14(17)9-12/h2-4,7-9H,5-6H2,1H3,(H2,17,19)(H,18,20). The number of nitrogens with zero attached hydrogens (tertiary/aromatic N) is 1. The van der Waals surface area contributed by atoms with Gasteiger partial charge >= 0.3 is 0 Å². The Balaban J connectivity index is 1.92. The summed E-state index contributed by atoms with van der Waals surface area (Å²) in [7, 11) is 0. The molecule has 0 unspecified atom stereocenters. The third-order valence-electron chi connectivity index (χ3n) is 2.86. The number of pyridine rings is 1. The van der Waals surface area contributed by atoms with Gasteiger partial charge in [-0.3, -0.25) is 4.79 Å². The van der Waals surface area contributed by atoms with Crippen molar-refractivity contribution < 1.29 is 4.79 Å². The lowest BCUT2D eigenvalue weighted by molar-refractivity contribution is 0.0954. The number of halogens is 1. The van der Waals surface area contributed by atoms with E-state index in [1.54, 1.807) is 0 Å². The van der Waals surface area contributed by atoms with Crippen LogP contribution in [0.15, 0.2) is 36.4 Å². The third kappa shape index (κ3) is 3.96. The predicted molar refractivity (Wildman–Crippen MR) is 80.9 cm³/mol. The summed E-state index contributed by atoms with van der Waals surface area (Å²) in [6.07, 6.45) is 0.779. The average molecular weight is 290 g/mol. The number of rotatable bonds is 4. The number of aryl methyl sites for hydroxylation is 1. The molecule has 0 aliphatic rings. The van der Waals surface area contributed by atoms with Crippen molar-refractivity contribution in [3.63, 3.8) is 0 Å². The molecule has 0 aliphatic carbocycles. The fraction of sp³-hybridized carbons (Fsp3) is 0.200. The van der Waals surface area contributed by atoms with Crippen LogP contribution in [0.1, 0.15) is 21.5 Å². The molecule has 20 heavy (non-hydrogen) atoms. The minimum absolute atomic E-state index is 0.200. The summed E-state index contributed by atoms with van der Waals surface area (Å²) in [5, 5.41) is 3.06. The van der Waals surface area contributed by atoms with Crippen LogP contribution in [-0.2, 0) is 6.42 Å². The van der Waals surface area contributed by atoms with Crippen LogP contribution in [0.25, 0.3) is 0 Å². The van der Waals surface area contributed by atoms with Gasteiger partial charge < -0.3 is 11.1 Å². The summed E-state index contributed by atoms with van der Waals surface area (Å²) < 4.78 is 0. The number of benzene rings is 1. The molecule has 1 heterocycles. The Morgan fingerprint density at radius 3 is 2.85 bits per heavy atom. The number of amides is 1. The first-order valence-corrected chi connectivity index (χ1v) is 6.69. The van der Waals surface area contributed by atoms with Crippen LogP contribution < -0.4 is 11.1 Å². The predicted octanol–water partition coefficient (Wildman–Crippen LogP) is 2.60. The van der Waals surface area contributed by atoms with Crippen LogP contribution in [0.5, 0.6) is 0 Å². The lowest BCUT2D eigenvalue weighted by Gasteiger charge is -2.07. The number of hydrogen-bond donors (Lipinski definition) is 2. The Labute approximate surface area is 123 Å². The number of hydrogen-bond acceptors (Lipinski definition) is 3. The number of carbonyl (C=O) groups excluding carboxylic acids is 1. The van der Waals surface area contributed by atoms with E-state index in [2.05, 4.69) is 16.4 Å². The van der Waals surface area contributed by atoms with E-state index < -0.39 is 0 Å². The molecule has 0 saturated heterocycles. The van der Waals surface area contributed by atoms with Gasteiger partial charge in [-0.1, -0.05) is 41.4 Å². The Hall–Kier alpha value is -2.07. The van der Waals surface area contributed by atoms with E-state index >= 15 is 0 Å². The van der Waals surface area contributed by atoms with Gasteiger partial charge in [0.1, 0.15) is 11.0 Å². The molecule has 2 aromatic rings. The van der Waals surface area contributed by atoms with Gasteiger partial charge in [0.05, 0.1) is 0 Å². The van der Waals surface area contributed by atoms with E-state index in [0.717, 1.165) is 6.42 Å². The van der Waals surface area contributed by atoms with Crippen LogP contribution in [0.2, 0.25) is 5.15 Å². The molecule has 104 valence electrons. The highest BCUT2D eigenvalue weighted by atomic mass is 35.5. The molecule has 1 amide bonds. The largest absolute Gasteiger partial charge is 0.384 e. The number of anilines is 1. The highest BCUT2D eigenvalue weighted by molar-refractivity contribution is 6.29. The normalized spacial score (nSPS) is 10.3. The molecule has 0 fully saturated rings.